The second-order valence-corrected chi connectivity index (χ2v) is 20.7. The molecule has 1 aliphatic carbocycles. The maximum Gasteiger partial charge on any atom is 0.343 e. The summed E-state index contributed by atoms with van der Waals surface area (Å²) in [5, 5.41) is 34.9. The number of cyclic esters (lactones) is 1. The number of hydrogen-bond acceptors (Lipinski definition) is 15. The first kappa shape index (κ1) is 58.6. The van der Waals surface area contributed by atoms with Gasteiger partial charge >= 0.3 is 11.9 Å². The molecule has 7 amide bonds. The van der Waals surface area contributed by atoms with Gasteiger partial charge in [-0.05, 0) is 79.8 Å². The molecule has 8 rings (SSSR count). The van der Waals surface area contributed by atoms with E-state index in [1.54, 1.807) is 54.8 Å². The number of carboxylic acid groups (broad SMARTS) is 1. The number of nitrogens with zero attached hydrogens (tertiary/aromatic N) is 3. The van der Waals surface area contributed by atoms with Crippen LogP contribution in [0.25, 0.3) is 5.57 Å². The van der Waals surface area contributed by atoms with Crippen LogP contribution in [0.15, 0.2) is 64.4 Å². The highest BCUT2D eigenvalue weighted by Crippen LogP contribution is 2.45. The van der Waals surface area contributed by atoms with Crippen LogP contribution in [0.4, 0.5) is 4.39 Å². The number of aliphatic carboxylic acids is 1. The van der Waals surface area contributed by atoms with Crippen molar-refractivity contribution in [3.05, 3.63) is 115 Å². The molecule has 0 saturated carbocycles. The molecule has 81 heavy (non-hydrogen) atoms. The molecule has 6 atom stereocenters. The lowest BCUT2D eigenvalue weighted by Gasteiger charge is -2.35. The second-order valence-electron chi connectivity index (χ2n) is 20.7. The maximum absolute atomic E-state index is 15.4. The number of carbonyl (C=O) groups excluding carboxylic acids is 10. The van der Waals surface area contributed by atoms with Crippen molar-refractivity contribution in [2.75, 3.05) is 19.6 Å². The van der Waals surface area contributed by atoms with E-state index in [1.807, 2.05) is 0 Å². The van der Waals surface area contributed by atoms with Crippen molar-refractivity contribution in [3.8, 4) is 0 Å². The van der Waals surface area contributed by atoms with Crippen molar-refractivity contribution >= 4 is 70.4 Å². The minimum Gasteiger partial charge on any atom is -0.481 e. The van der Waals surface area contributed by atoms with E-state index in [0.717, 1.165) is 34.1 Å². The van der Waals surface area contributed by atoms with E-state index in [2.05, 4.69) is 26.6 Å². The Morgan fingerprint density at radius 1 is 0.840 bits per heavy atom. The number of imide groups is 1. The first-order chi connectivity index (χ1) is 38.7. The SMILES string of the molecule is CC[C@@]1(O)C(=O)OCc2c1cc1n(c2=O)CC2C3=c4c(c(C)c(F)cc4=NC12)CCC3NC(=O)CCCNC(=O)CCC(=O)[C@H](Cc1ccccc1)NC(=O)CCC(=O)CNC(=O)CCNC(=O)[C@H](CCC(=O)O)N1C(=O)C=CC1=O. The number of ether oxygens (including phenoxy) is 1. The summed E-state index contributed by atoms with van der Waals surface area (Å²) in [5.41, 5.74) is 1.15. The zero-order valence-corrected chi connectivity index (χ0v) is 44.7. The monoisotopic (exact) mass is 1120 g/mol. The van der Waals surface area contributed by atoms with E-state index in [4.69, 9.17) is 14.8 Å². The highest BCUT2D eigenvalue weighted by atomic mass is 19.1. The minimum atomic E-state index is -2.03. The number of halogens is 1. The number of carbonyl (C=O) groups is 11. The summed E-state index contributed by atoms with van der Waals surface area (Å²) in [6, 6.07) is 8.18. The number of carboxylic acids is 1. The molecule has 5 aliphatic rings. The van der Waals surface area contributed by atoms with Gasteiger partial charge in [-0.3, -0.25) is 62.6 Å². The summed E-state index contributed by atoms with van der Waals surface area (Å²) in [4.78, 5) is 159. The van der Waals surface area contributed by atoms with E-state index < -0.39 is 119 Å². The quantitative estimate of drug-likeness (QED) is 0.0307. The number of benzene rings is 2. The van der Waals surface area contributed by atoms with Gasteiger partial charge in [-0.15, -0.1) is 0 Å². The van der Waals surface area contributed by atoms with Crippen molar-refractivity contribution in [3.63, 3.8) is 0 Å². The predicted octanol–water partition coefficient (Wildman–Crippen LogP) is -0.360. The highest BCUT2D eigenvalue weighted by molar-refractivity contribution is 6.15. The average molecular weight is 1120 g/mol. The van der Waals surface area contributed by atoms with Crippen LogP contribution in [0.3, 0.4) is 0 Å². The van der Waals surface area contributed by atoms with E-state index in [1.165, 1.54) is 6.07 Å². The molecule has 428 valence electrons. The molecule has 4 aliphatic heterocycles. The third-order valence-electron chi connectivity index (χ3n) is 15.5. The molecule has 7 N–H and O–H groups in total. The lowest BCUT2D eigenvalue weighted by molar-refractivity contribution is -0.172. The Bertz CT molecular complexity index is 3320. The molecule has 0 bridgehead atoms. The van der Waals surface area contributed by atoms with E-state index >= 15 is 4.39 Å². The zero-order valence-electron chi connectivity index (χ0n) is 44.7. The molecule has 5 heterocycles. The van der Waals surface area contributed by atoms with Crippen LogP contribution >= 0.6 is 0 Å². The number of aliphatic hydroxyl groups is 1. The molecule has 0 fully saturated rings. The number of pyridine rings is 1. The summed E-state index contributed by atoms with van der Waals surface area (Å²) in [7, 11) is 0. The summed E-state index contributed by atoms with van der Waals surface area (Å²) >= 11 is 0. The van der Waals surface area contributed by atoms with Crippen molar-refractivity contribution in [1.82, 2.24) is 36.1 Å². The van der Waals surface area contributed by atoms with Gasteiger partial charge in [-0.1, -0.05) is 37.3 Å². The van der Waals surface area contributed by atoms with Crippen LogP contribution in [0, 0.1) is 18.7 Å². The van der Waals surface area contributed by atoms with Crippen LogP contribution in [0.5, 0.6) is 0 Å². The molecule has 2 aromatic carbocycles. The number of amides is 7. The van der Waals surface area contributed by atoms with Crippen molar-refractivity contribution in [2.45, 2.75) is 140 Å². The van der Waals surface area contributed by atoms with Gasteiger partial charge in [0, 0.05) is 99.1 Å². The van der Waals surface area contributed by atoms with Crippen LogP contribution in [-0.2, 0) is 89.1 Å². The predicted molar refractivity (Wildman–Crippen MR) is 282 cm³/mol. The summed E-state index contributed by atoms with van der Waals surface area (Å²) in [6.45, 7) is 2.59. The van der Waals surface area contributed by atoms with Gasteiger partial charge in [0.2, 0.25) is 29.5 Å². The first-order valence-corrected chi connectivity index (χ1v) is 27.0. The lowest BCUT2D eigenvalue weighted by Crippen LogP contribution is -2.50. The Morgan fingerprint density at radius 2 is 1.56 bits per heavy atom. The van der Waals surface area contributed by atoms with Gasteiger partial charge in [0.05, 0.1) is 35.6 Å². The average Bonchev–Trinajstić information content (AvgIpc) is 2.45. The number of aromatic nitrogens is 1. The van der Waals surface area contributed by atoms with Crippen molar-refractivity contribution in [2.24, 2.45) is 10.9 Å². The summed E-state index contributed by atoms with van der Waals surface area (Å²) in [6.07, 6.45) is 0.871. The van der Waals surface area contributed by atoms with Crippen molar-refractivity contribution in [1.29, 1.82) is 0 Å². The molecule has 3 unspecified atom stereocenters. The van der Waals surface area contributed by atoms with Crippen LogP contribution in [0.2, 0.25) is 0 Å². The standard InChI is InChI=1S/C57H63FN8O15/c1-3-57(80)36-25-42-53-34(28-65(42)55(78)35(36)29-81-56(57)79)52-38(13-12-33-30(2)37(58)26-40(64-53)51(33)52)62-46(71)10-7-22-59-44(69)17-15-43(68)39(24-31-8-5-4-6-9-31)63-47(72)16-11-32(67)27-61-45(70)21-23-60-54(77)41(14-20-50(75)76)66-48(73)18-19-49(66)74/h4-6,8-9,18-19,25-26,34,38-39,41,53,80H,3,7,10-17,20-24,27-29H2,1-2H3,(H,59,69)(H,60,77)(H,61,70)(H,62,71)(H,63,72)(H,75,76)/t34?,38?,39-,41-,53?,57-/m0/s1. The van der Waals surface area contributed by atoms with Gasteiger partial charge in [-0.25, -0.2) is 9.18 Å². The number of hydrogen-bond donors (Lipinski definition) is 7. The number of fused-ring (bicyclic) bond motifs is 5. The molecule has 0 radical (unpaired) electrons. The molecule has 23 nitrogen and oxygen atoms in total. The van der Waals surface area contributed by atoms with Crippen LogP contribution < -0.4 is 42.7 Å². The minimum absolute atomic E-state index is 0.0195. The number of Topliss-reactive ketones (excluding diaryl/α,β-unsaturated/α-hetero) is 2. The number of rotatable bonds is 26. The normalized spacial score (nSPS) is 19.9. The van der Waals surface area contributed by atoms with Crippen molar-refractivity contribution < 1.29 is 72.1 Å². The fourth-order valence-electron chi connectivity index (χ4n) is 11.2. The number of nitrogens with one attached hydrogen (secondary N) is 5. The van der Waals surface area contributed by atoms with Crippen LogP contribution in [-0.4, -0.2) is 122 Å². The number of esters is 1. The third-order valence-corrected chi connectivity index (χ3v) is 15.5. The van der Waals surface area contributed by atoms with Gasteiger partial charge in [0.15, 0.2) is 17.2 Å². The van der Waals surface area contributed by atoms with E-state index in [0.29, 0.717) is 34.4 Å². The molecule has 0 spiro atoms. The Kier molecular flexibility index (Phi) is 18.3. The Morgan fingerprint density at radius 3 is 2.27 bits per heavy atom. The third kappa shape index (κ3) is 13.1. The van der Waals surface area contributed by atoms with E-state index in [-0.39, 0.29) is 107 Å². The van der Waals surface area contributed by atoms with Crippen LogP contribution in [0.1, 0.15) is 117 Å². The summed E-state index contributed by atoms with van der Waals surface area (Å²) < 4.78 is 22.2. The second kappa shape index (κ2) is 25.3. The van der Waals surface area contributed by atoms with E-state index in [9.17, 15) is 62.6 Å². The Hall–Kier alpha value is -8.54. The Balaban J connectivity index is 0.788. The molecule has 1 aromatic heterocycles. The molecule has 0 saturated heterocycles. The molecular weight excluding hydrogens is 1060 g/mol. The summed E-state index contributed by atoms with van der Waals surface area (Å²) in [5.74, 6) is -8.36. The first-order valence-electron chi connectivity index (χ1n) is 27.0. The number of ketones is 2. The van der Waals surface area contributed by atoms with Gasteiger partial charge in [-0.2, -0.15) is 0 Å². The zero-order chi connectivity index (χ0) is 58.3. The maximum atomic E-state index is 15.4. The fraction of sp³-hybridized carbons (Fsp3) is 0.456. The van der Waals surface area contributed by atoms with Gasteiger partial charge < -0.3 is 46.1 Å². The largest absolute Gasteiger partial charge is 0.481 e. The lowest BCUT2D eigenvalue weighted by atomic mass is 9.76. The van der Waals surface area contributed by atoms with Gasteiger partial charge in [0.1, 0.15) is 18.5 Å². The smallest absolute Gasteiger partial charge is 0.343 e. The molecule has 3 aromatic rings. The molecule has 24 heteroatoms. The molecular formula is C57H63FN8O15. The Labute approximate surface area is 462 Å². The van der Waals surface area contributed by atoms with Gasteiger partial charge in [0.25, 0.3) is 17.4 Å². The highest BCUT2D eigenvalue weighted by Gasteiger charge is 2.49. The topological polar surface area (TPSA) is 335 Å². The fourth-order valence-corrected chi connectivity index (χ4v) is 11.2.